The van der Waals surface area contributed by atoms with Crippen molar-refractivity contribution in [1.82, 2.24) is 14.7 Å². The largest absolute Gasteiger partial charge is 0.490 e. The van der Waals surface area contributed by atoms with E-state index in [4.69, 9.17) is 4.74 Å². The van der Waals surface area contributed by atoms with Crippen molar-refractivity contribution in [2.24, 2.45) is 0 Å². The molecular formula is C19H27N3O2. The van der Waals surface area contributed by atoms with Gasteiger partial charge in [0.05, 0.1) is 12.6 Å². The molecule has 1 aliphatic rings. The lowest BCUT2D eigenvalue weighted by molar-refractivity contribution is 0.0534. The normalized spacial score (nSPS) is 17.8. The van der Waals surface area contributed by atoms with E-state index in [9.17, 15) is 5.11 Å². The number of hydrogen-bond donors (Lipinski definition) is 1. The third-order valence-electron chi connectivity index (χ3n) is 4.74. The Kier molecular flexibility index (Phi) is 5.53. The highest BCUT2D eigenvalue weighted by atomic mass is 16.5. The van der Waals surface area contributed by atoms with Crippen LogP contribution in [0, 0.1) is 13.8 Å². The van der Waals surface area contributed by atoms with E-state index in [1.807, 2.05) is 12.3 Å². The molecule has 2 aromatic rings. The summed E-state index contributed by atoms with van der Waals surface area (Å²) in [6.07, 6.45) is 5.51. The second-order valence-electron chi connectivity index (χ2n) is 6.75. The molecule has 130 valence electrons. The molecule has 0 amide bonds. The Hall–Kier alpha value is -1.85. The number of aliphatic hydroxyl groups excluding tert-OH is 1. The van der Waals surface area contributed by atoms with Crippen molar-refractivity contribution in [3.05, 3.63) is 47.8 Å². The minimum Gasteiger partial charge on any atom is -0.490 e. The Balaban J connectivity index is 1.42. The van der Waals surface area contributed by atoms with Crippen molar-refractivity contribution in [3.63, 3.8) is 0 Å². The Morgan fingerprint density at radius 1 is 1.21 bits per heavy atom. The van der Waals surface area contributed by atoms with Crippen molar-refractivity contribution >= 4 is 0 Å². The summed E-state index contributed by atoms with van der Waals surface area (Å²) in [7, 11) is 0. The summed E-state index contributed by atoms with van der Waals surface area (Å²) in [5, 5.41) is 14.3. The van der Waals surface area contributed by atoms with Gasteiger partial charge >= 0.3 is 0 Å². The summed E-state index contributed by atoms with van der Waals surface area (Å²) >= 11 is 0. The molecule has 1 saturated heterocycles. The summed E-state index contributed by atoms with van der Waals surface area (Å²) in [6, 6.07) is 8.17. The van der Waals surface area contributed by atoms with Crippen molar-refractivity contribution in [2.75, 3.05) is 19.6 Å². The van der Waals surface area contributed by atoms with Crippen LogP contribution in [0.2, 0.25) is 0 Å². The van der Waals surface area contributed by atoms with E-state index >= 15 is 0 Å². The number of ether oxygens (including phenoxy) is 1. The summed E-state index contributed by atoms with van der Waals surface area (Å²) in [5.74, 6) is 0.968. The fourth-order valence-electron chi connectivity index (χ4n) is 3.17. The molecule has 1 aromatic carbocycles. The lowest BCUT2D eigenvalue weighted by Crippen LogP contribution is -2.42. The van der Waals surface area contributed by atoms with Crippen LogP contribution in [0.1, 0.15) is 24.0 Å². The molecule has 1 aliphatic heterocycles. The number of piperidine rings is 1. The van der Waals surface area contributed by atoms with Gasteiger partial charge in [-0.15, -0.1) is 0 Å². The van der Waals surface area contributed by atoms with Gasteiger partial charge in [0.2, 0.25) is 0 Å². The molecule has 0 radical (unpaired) electrons. The summed E-state index contributed by atoms with van der Waals surface area (Å²) in [6.45, 7) is 7.40. The molecule has 0 spiro atoms. The van der Waals surface area contributed by atoms with Crippen LogP contribution in [0.5, 0.6) is 5.75 Å². The molecule has 1 atom stereocenters. The van der Waals surface area contributed by atoms with E-state index in [1.54, 1.807) is 10.9 Å². The van der Waals surface area contributed by atoms with Gasteiger partial charge < -0.3 is 14.7 Å². The highest BCUT2D eigenvalue weighted by Gasteiger charge is 2.22. The average molecular weight is 329 g/mol. The number of β-amino-alcohol motifs (C(OH)–C–C–N with tert-alkyl or cyclic N) is 1. The topological polar surface area (TPSA) is 50.5 Å². The third-order valence-corrected chi connectivity index (χ3v) is 4.74. The number of benzene rings is 1. The van der Waals surface area contributed by atoms with Gasteiger partial charge in [-0.3, -0.25) is 4.68 Å². The molecule has 1 aromatic heterocycles. The monoisotopic (exact) mass is 329 g/mol. The van der Waals surface area contributed by atoms with Crippen molar-refractivity contribution in [1.29, 1.82) is 0 Å². The van der Waals surface area contributed by atoms with E-state index in [-0.39, 0.29) is 12.2 Å². The minimum absolute atomic E-state index is 0.270. The molecular weight excluding hydrogens is 302 g/mol. The SMILES string of the molecule is Cc1ccc(OC2CCN(CC(O)Cn3cccn3)CC2)cc1C. The van der Waals surface area contributed by atoms with Gasteiger partial charge in [-0.2, -0.15) is 5.10 Å². The zero-order chi connectivity index (χ0) is 16.9. The minimum atomic E-state index is -0.387. The number of aryl methyl sites for hydroxylation is 2. The first-order valence-electron chi connectivity index (χ1n) is 8.72. The zero-order valence-corrected chi connectivity index (χ0v) is 14.6. The van der Waals surface area contributed by atoms with Gasteiger partial charge in [0.1, 0.15) is 11.9 Å². The van der Waals surface area contributed by atoms with Crippen LogP contribution in [-0.4, -0.2) is 51.6 Å². The summed E-state index contributed by atoms with van der Waals surface area (Å²) in [5.41, 5.74) is 2.56. The lowest BCUT2D eigenvalue weighted by Gasteiger charge is -2.33. The number of aliphatic hydroxyl groups is 1. The molecule has 24 heavy (non-hydrogen) atoms. The number of rotatable bonds is 6. The van der Waals surface area contributed by atoms with E-state index in [0.717, 1.165) is 31.7 Å². The fraction of sp³-hybridized carbons (Fsp3) is 0.526. The highest BCUT2D eigenvalue weighted by molar-refractivity contribution is 5.33. The third kappa shape index (κ3) is 4.58. The number of nitrogens with zero attached hydrogens (tertiary/aromatic N) is 3. The maximum atomic E-state index is 10.2. The van der Waals surface area contributed by atoms with Gasteiger partial charge in [0.25, 0.3) is 0 Å². The molecule has 0 saturated carbocycles. The highest BCUT2D eigenvalue weighted by Crippen LogP contribution is 2.21. The second kappa shape index (κ2) is 7.81. The maximum Gasteiger partial charge on any atom is 0.120 e. The number of hydrogen-bond acceptors (Lipinski definition) is 4. The summed E-state index contributed by atoms with van der Waals surface area (Å²) in [4.78, 5) is 2.31. The lowest BCUT2D eigenvalue weighted by atomic mass is 10.1. The van der Waals surface area contributed by atoms with E-state index in [0.29, 0.717) is 13.1 Å². The van der Waals surface area contributed by atoms with Crippen LogP contribution in [-0.2, 0) is 6.54 Å². The van der Waals surface area contributed by atoms with Crippen LogP contribution in [0.15, 0.2) is 36.7 Å². The average Bonchev–Trinajstić information content (AvgIpc) is 3.06. The number of aromatic nitrogens is 2. The van der Waals surface area contributed by atoms with Gasteiger partial charge in [-0.25, -0.2) is 0 Å². The van der Waals surface area contributed by atoms with Gasteiger partial charge in [-0.05, 0) is 56.0 Å². The Morgan fingerprint density at radius 2 is 2.00 bits per heavy atom. The first kappa shape index (κ1) is 17.0. The molecule has 2 heterocycles. The molecule has 3 rings (SSSR count). The van der Waals surface area contributed by atoms with E-state index in [2.05, 4.69) is 42.0 Å². The van der Waals surface area contributed by atoms with Gasteiger partial charge in [0.15, 0.2) is 0 Å². The van der Waals surface area contributed by atoms with Crippen LogP contribution in [0.25, 0.3) is 0 Å². The molecule has 1 unspecified atom stereocenters. The van der Waals surface area contributed by atoms with E-state index < -0.39 is 0 Å². The Morgan fingerprint density at radius 3 is 2.67 bits per heavy atom. The predicted molar refractivity (Wildman–Crippen MR) is 94.2 cm³/mol. The number of likely N-dealkylation sites (tertiary alicyclic amines) is 1. The van der Waals surface area contributed by atoms with Crippen LogP contribution in [0.4, 0.5) is 0 Å². The molecule has 1 fully saturated rings. The fourth-order valence-corrected chi connectivity index (χ4v) is 3.17. The predicted octanol–water partition coefficient (Wildman–Crippen LogP) is 2.40. The molecule has 0 bridgehead atoms. The molecule has 0 aliphatic carbocycles. The standard InChI is InChI=1S/C19H27N3O2/c1-15-4-5-19(12-16(15)2)24-18-6-10-21(11-7-18)13-17(23)14-22-9-3-8-20-22/h3-5,8-9,12,17-18,23H,6-7,10-11,13-14H2,1-2H3. The van der Waals surface area contributed by atoms with Crippen molar-refractivity contribution < 1.29 is 9.84 Å². The Bertz CT molecular complexity index is 634. The quantitative estimate of drug-likeness (QED) is 0.884. The molecule has 5 heteroatoms. The molecule has 5 nitrogen and oxygen atoms in total. The maximum absolute atomic E-state index is 10.2. The van der Waals surface area contributed by atoms with Gasteiger partial charge in [0, 0.05) is 32.0 Å². The van der Waals surface area contributed by atoms with Crippen molar-refractivity contribution in [3.8, 4) is 5.75 Å². The van der Waals surface area contributed by atoms with Crippen LogP contribution in [0.3, 0.4) is 0 Å². The van der Waals surface area contributed by atoms with Crippen molar-refractivity contribution in [2.45, 2.75) is 45.4 Å². The summed E-state index contributed by atoms with van der Waals surface area (Å²) < 4.78 is 7.90. The smallest absolute Gasteiger partial charge is 0.120 e. The first-order valence-corrected chi connectivity index (χ1v) is 8.72. The Labute approximate surface area is 143 Å². The van der Waals surface area contributed by atoms with Crippen LogP contribution < -0.4 is 4.74 Å². The first-order chi connectivity index (χ1) is 11.6. The van der Waals surface area contributed by atoms with E-state index in [1.165, 1.54) is 11.1 Å². The molecule has 1 N–H and O–H groups in total. The zero-order valence-electron chi connectivity index (χ0n) is 14.6. The van der Waals surface area contributed by atoms with Gasteiger partial charge in [-0.1, -0.05) is 6.07 Å². The second-order valence-corrected chi connectivity index (χ2v) is 6.75. The van der Waals surface area contributed by atoms with Crippen LogP contribution >= 0.6 is 0 Å².